The van der Waals surface area contributed by atoms with Crippen LogP contribution in [0, 0.1) is 5.92 Å². The summed E-state index contributed by atoms with van der Waals surface area (Å²) in [4.78, 5) is 2.43. The topological polar surface area (TPSA) is 35.5 Å². The van der Waals surface area contributed by atoms with Crippen molar-refractivity contribution in [3.8, 4) is 5.75 Å². The minimum absolute atomic E-state index is 0.191. The van der Waals surface area contributed by atoms with Gasteiger partial charge in [-0.25, -0.2) is 0 Å². The number of hydrogen-bond acceptors (Lipinski definition) is 3. The first kappa shape index (κ1) is 16.2. The van der Waals surface area contributed by atoms with Crippen molar-refractivity contribution in [2.75, 3.05) is 18.0 Å². The normalized spacial score (nSPS) is 24.1. The van der Waals surface area contributed by atoms with Gasteiger partial charge in [0.2, 0.25) is 0 Å². The highest BCUT2D eigenvalue weighted by atomic mass is 16.3. The van der Waals surface area contributed by atoms with Crippen LogP contribution in [0.25, 0.3) is 0 Å². The molecule has 0 saturated carbocycles. The van der Waals surface area contributed by atoms with Gasteiger partial charge in [0.25, 0.3) is 0 Å². The third-order valence-electron chi connectivity index (χ3n) is 4.63. The van der Waals surface area contributed by atoms with Crippen LogP contribution in [0.5, 0.6) is 5.75 Å². The molecule has 0 aromatic heterocycles. The lowest BCUT2D eigenvalue weighted by Gasteiger charge is -2.38. The lowest BCUT2D eigenvalue weighted by Crippen LogP contribution is -2.41. The molecule has 1 aromatic carbocycles. The van der Waals surface area contributed by atoms with Crippen molar-refractivity contribution < 1.29 is 5.11 Å². The summed E-state index contributed by atoms with van der Waals surface area (Å²) in [5.74, 6) is 1.14. The Morgan fingerprint density at radius 2 is 2.10 bits per heavy atom. The van der Waals surface area contributed by atoms with Crippen molar-refractivity contribution in [1.29, 1.82) is 0 Å². The van der Waals surface area contributed by atoms with Crippen LogP contribution >= 0.6 is 0 Å². The Morgan fingerprint density at radius 3 is 2.76 bits per heavy atom. The Morgan fingerprint density at radius 1 is 1.33 bits per heavy atom. The SMILES string of the molecule is CCCNC(C)c1ccc(N2CC(C)CCC2C)cc1O. The van der Waals surface area contributed by atoms with Gasteiger partial charge in [-0.2, -0.15) is 0 Å². The molecular weight excluding hydrogens is 260 g/mol. The van der Waals surface area contributed by atoms with E-state index in [0.29, 0.717) is 11.8 Å². The fourth-order valence-electron chi connectivity index (χ4n) is 3.20. The number of aromatic hydroxyl groups is 1. The van der Waals surface area contributed by atoms with E-state index < -0.39 is 0 Å². The molecule has 1 aliphatic rings. The maximum atomic E-state index is 10.4. The molecule has 3 atom stereocenters. The average molecular weight is 290 g/mol. The summed E-state index contributed by atoms with van der Waals surface area (Å²) in [5, 5.41) is 13.8. The summed E-state index contributed by atoms with van der Waals surface area (Å²) in [6.07, 6.45) is 3.64. The Labute approximate surface area is 129 Å². The summed E-state index contributed by atoms with van der Waals surface area (Å²) in [6, 6.07) is 6.92. The smallest absolute Gasteiger partial charge is 0.122 e. The molecule has 2 N–H and O–H groups in total. The third-order valence-corrected chi connectivity index (χ3v) is 4.63. The number of piperidine rings is 1. The summed E-state index contributed by atoms with van der Waals surface area (Å²) in [7, 11) is 0. The largest absolute Gasteiger partial charge is 0.508 e. The predicted octanol–water partition coefficient (Wildman–Crippen LogP) is 4.08. The number of anilines is 1. The highest BCUT2D eigenvalue weighted by Crippen LogP contribution is 2.33. The van der Waals surface area contributed by atoms with Crippen LogP contribution in [-0.4, -0.2) is 24.2 Å². The highest BCUT2D eigenvalue weighted by molar-refractivity contribution is 5.55. The standard InChI is InChI=1S/C18H30N2O/c1-5-10-19-15(4)17-9-8-16(11-18(17)21)20-12-13(2)6-7-14(20)3/h8-9,11,13-15,19,21H,5-7,10,12H2,1-4H3. The fraction of sp³-hybridized carbons (Fsp3) is 0.667. The van der Waals surface area contributed by atoms with Crippen LogP contribution in [0.4, 0.5) is 5.69 Å². The molecule has 1 heterocycles. The minimum Gasteiger partial charge on any atom is -0.508 e. The van der Waals surface area contributed by atoms with Crippen molar-refractivity contribution in [3.05, 3.63) is 23.8 Å². The molecule has 3 unspecified atom stereocenters. The van der Waals surface area contributed by atoms with Gasteiger partial charge < -0.3 is 15.3 Å². The highest BCUT2D eigenvalue weighted by Gasteiger charge is 2.23. The van der Waals surface area contributed by atoms with Crippen molar-refractivity contribution in [2.24, 2.45) is 5.92 Å². The second-order valence-corrected chi connectivity index (χ2v) is 6.60. The van der Waals surface area contributed by atoms with E-state index in [1.807, 2.05) is 6.07 Å². The number of nitrogens with zero attached hydrogens (tertiary/aromatic N) is 1. The fourth-order valence-corrected chi connectivity index (χ4v) is 3.20. The first-order chi connectivity index (χ1) is 10.0. The molecule has 2 rings (SSSR count). The molecule has 0 amide bonds. The van der Waals surface area contributed by atoms with Gasteiger partial charge in [-0.05, 0) is 51.6 Å². The number of benzene rings is 1. The number of phenolic OH excluding ortho intramolecular Hbond substituents is 1. The Hall–Kier alpha value is -1.22. The molecule has 3 heteroatoms. The van der Waals surface area contributed by atoms with E-state index >= 15 is 0 Å². The van der Waals surface area contributed by atoms with Crippen LogP contribution in [0.2, 0.25) is 0 Å². The molecule has 1 fully saturated rings. The van der Waals surface area contributed by atoms with E-state index in [2.05, 4.69) is 50.0 Å². The van der Waals surface area contributed by atoms with Crippen LogP contribution in [0.15, 0.2) is 18.2 Å². The summed E-state index contributed by atoms with van der Waals surface area (Å²) in [6.45, 7) is 10.9. The van der Waals surface area contributed by atoms with Crippen LogP contribution in [0.3, 0.4) is 0 Å². The first-order valence-corrected chi connectivity index (χ1v) is 8.35. The van der Waals surface area contributed by atoms with Gasteiger partial charge in [-0.1, -0.05) is 19.9 Å². The Kier molecular flexibility index (Phi) is 5.51. The lowest BCUT2D eigenvalue weighted by atomic mass is 9.94. The summed E-state index contributed by atoms with van der Waals surface area (Å²) < 4.78 is 0. The molecule has 1 aromatic rings. The Balaban J connectivity index is 2.14. The number of rotatable bonds is 5. The average Bonchev–Trinajstić information content (AvgIpc) is 2.47. The van der Waals surface area contributed by atoms with E-state index in [1.165, 1.54) is 12.8 Å². The molecule has 0 aliphatic carbocycles. The van der Waals surface area contributed by atoms with Gasteiger partial charge in [0.05, 0.1) is 0 Å². The zero-order valence-corrected chi connectivity index (χ0v) is 13.9. The zero-order chi connectivity index (χ0) is 15.4. The Bertz CT molecular complexity index is 461. The predicted molar refractivity (Wildman–Crippen MR) is 90.0 cm³/mol. The minimum atomic E-state index is 0.191. The maximum Gasteiger partial charge on any atom is 0.122 e. The number of nitrogens with one attached hydrogen (secondary N) is 1. The zero-order valence-electron chi connectivity index (χ0n) is 13.9. The van der Waals surface area contributed by atoms with Gasteiger partial charge >= 0.3 is 0 Å². The maximum absolute atomic E-state index is 10.4. The molecule has 1 saturated heterocycles. The van der Waals surface area contributed by atoms with Gasteiger partial charge in [-0.15, -0.1) is 0 Å². The summed E-state index contributed by atoms with van der Waals surface area (Å²) in [5.41, 5.74) is 2.14. The second-order valence-electron chi connectivity index (χ2n) is 6.60. The van der Waals surface area contributed by atoms with Gasteiger partial charge in [0.1, 0.15) is 5.75 Å². The van der Waals surface area contributed by atoms with Crippen LogP contribution in [-0.2, 0) is 0 Å². The molecule has 118 valence electrons. The van der Waals surface area contributed by atoms with Crippen molar-refractivity contribution in [3.63, 3.8) is 0 Å². The van der Waals surface area contributed by atoms with E-state index in [-0.39, 0.29) is 6.04 Å². The quantitative estimate of drug-likeness (QED) is 0.858. The second kappa shape index (κ2) is 7.17. The van der Waals surface area contributed by atoms with Gasteiger partial charge in [0, 0.05) is 35.9 Å². The van der Waals surface area contributed by atoms with E-state index in [0.717, 1.165) is 36.7 Å². The molecule has 0 bridgehead atoms. The van der Waals surface area contributed by atoms with E-state index in [1.54, 1.807) is 0 Å². The molecule has 3 nitrogen and oxygen atoms in total. The van der Waals surface area contributed by atoms with E-state index in [9.17, 15) is 5.11 Å². The molecular formula is C18H30N2O. The van der Waals surface area contributed by atoms with Crippen molar-refractivity contribution in [2.45, 2.75) is 59.0 Å². The van der Waals surface area contributed by atoms with Gasteiger partial charge in [-0.3, -0.25) is 0 Å². The van der Waals surface area contributed by atoms with Crippen molar-refractivity contribution >= 4 is 5.69 Å². The lowest BCUT2D eigenvalue weighted by molar-refractivity contribution is 0.389. The van der Waals surface area contributed by atoms with Crippen LogP contribution in [0.1, 0.15) is 58.6 Å². The number of phenols is 1. The third kappa shape index (κ3) is 3.91. The molecule has 21 heavy (non-hydrogen) atoms. The monoisotopic (exact) mass is 290 g/mol. The summed E-state index contributed by atoms with van der Waals surface area (Å²) >= 11 is 0. The van der Waals surface area contributed by atoms with Gasteiger partial charge in [0.15, 0.2) is 0 Å². The van der Waals surface area contributed by atoms with E-state index in [4.69, 9.17) is 0 Å². The number of hydrogen-bond donors (Lipinski definition) is 2. The van der Waals surface area contributed by atoms with Crippen LogP contribution < -0.4 is 10.2 Å². The molecule has 1 aliphatic heterocycles. The van der Waals surface area contributed by atoms with Crippen molar-refractivity contribution in [1.82, 2.24) is 5.32 Å². The molecule has 0 spiro atoms. The molecule has 0 radical (unpaired) electrons. The first-order valence-electron chi connectivity index (χ1n) is 8.35.